The van der Waals surface area contributed by atoms with Gasteiger partial charge in [0.15, 0.2) is 0 Å². The molecule has 0 aromatic heterocycles. The molecule has 0 heterocycles. The minimum Gasteiger partial charge on any atom is -0.494 e. The second kappa shape index (κ2) is 6.09. The Morgan fingerprint density at radius 3 is 2.47 bits per heavy atom. The maximum Gasteiger partial charge on any atom is 0.119 e. The van der Waals surface area contributed by atoms with Crippen molar-refractivity contribution in [3.63, 3.8) is 0 Å². The van der Waals surface area contributed by atoms with Crippen molar-refractivity contribution in [2.75, 3.05) is 6.61 Å². The Morgan fingerprint density at radius 2 is 2.00 bits per heavy atom. The molecule has 0 unspecified atom stereocenters. The molecule has 106 valence electrons. The minimum atomic E-state index is -0.299. The van der Waals surface area contributed by atoms with Gasteiger partial charge in [-0.3, -0.25) is 5.41 Å². The molecule has 1 rings (SSSR count). The average Bonchev–Trinajstić information content (AvgIpc) is 2.28. The maximum atomic E-state index is 7.51. The van der Waals surface area contributed by atoms with Crippen LogP contribution >= 0.6 is 0 Å². The molecule has 3 nitrogen and oxygen atoms in total. The monoisotopic (exact) mass is 262 g/mol. The molecule has 3 N–H and O–H groups in total. The first-order valence-electron chi connectivity index (χ1n) is 6.82. The topological polar surface area (TPSA) is 59.1 Å². The second-order valence-electron chi connectivity index (χ2n) is 6.07. The van der Waals surface area contributed by atoms with Crippen LogP contribution in [0.2, 0.25) is 0 Å². The quantitative estimate of drug-likeness (QED) is 0.604. The van der Waals surface area contributed by atoms with Crippen LogP contribution in [0.15, 0.2) is 18.2 Å². The molecule has 1 aromatic rings. The fraction of sp³-hybridized carbons (Fsp3) is 0.562. The molecule has 0 fully saturated rings. The van der Waals surface area contributed by atoms with Gasteiger partial charge in [0.1, 0.15) is 5.75 Å². The zero-order valence-electron chi connectivity index (χ0n) is 12.7. The van der Waals surface area contributed by atoms with Crippen LogP contribution in [-0.2, 0) is 0 Å². The molecule has 0 bridgehead atoms. The van der Waals surface area contributed by atoms with Gasteiger partial charge in [0.2, 0.25) is 0 Å². The van der Waals surface area contributed by atoms with Crippen molar-refractivity contribution in [1.29, 1.82) is 5.41 Å². The van der Waals surface area contributed by atoms with Crippen LogP contribution in [0.5, 0.6) is 5.75 Å². The lowest BCUT2D eigenvalue weighted by Gasteiger charge is -2.22. The van der Waals surface area contributed by atoms with E-state index in [1.807, 2.05) is 19.9 Å². The highest BCUT2D eigenvalue weighted by Crippen LogP contribution is 2.25. The molecule has 0 saturated carbocycles. The van der Waals surface area contributed by atoms with E-state index in [0.29, 0.717) is 12.5 Å². The molecular formula is C16H26N2O. The summed E-state index contributed by atoms with van der Waals surface area (Å²) in [6.45, 7) is 11.0. The van der Waals surface area contributed by atoms with Crippen molar-refractivity contribution < 1.29 is 4.74 Å². The van der Waals surface area contributed by atoms with Gasteiger partial charge in [0, 0.05) is 5.41 Å². The Labute approximate surface area is 116 Å². The highest BCUT2D eigenvalue weighted by atomic mass is 16.5. The molecule has 0 spiro atoms. The summed E-state index contributed by atoms with van der Waals surface area (Å²) in [6.07, 6.45) is 0.743. The summed E-state index contributed by atoms with van der Waals surface area (Å²) in [5.41, 5.74) is 7.88. The summed E-state index contributed by atoms with van der Waals surface area (Å²) in [4.78, 5) is 0. The summed E-state index contributed by atoms with van der Waals surface area (Å²) in [6, 6.07) is 6.23. The van der Waals surface area contributed by atoms with E-state index in [2.05, 4.69) is 32.9 Å². The van der Waals surface area contributed by atoms with E-state index < -0.39 is 0 Å². The highest BCUT2D eigenvalue weighted by molar-refractivity contribution is 5.82. The molecule has 1 aromatic carbocycles. The fourth-order valence-corrected chi connectivity index (χ4v) is 1.94. The Bertz CT molecular complexity index is 450. The smallest absolute Gasteiger partial charge is 0.119 e. The third-order valence-electron chi connectivity index (χ3n) is 3.59. The van der Waals surface area contributed by atoms with E-state index >= 15 is 0 Å². The van der Waals surface area contributed by atoms with Gasteiger partial charge in [0.25, 0.3) is 0 Å². The van der Waals surface area contributed by atoms with E-state index in [1.165, 1.54) is 11.1 Å². The molecule has 0 aliphatic carbocycles. The maximum absolute atomic E-state index is 7.51. The van der Waals surface area contributed by atoms with Gasteiger partial charge in [-0.25, -0.2) is 0 Å². The Balaban J connectivity index is 2.60. The number of aryl methyl sites for hydroxylation is 1. The number of amidine groups is 1. The van der Waals surface area contributed by atoms with Gasteiger partial charge in [-0.1, -0.05) is 33.8 Å². The number of hydrogen-bond donors (Lipinski definition) is 2. The van der Waals surface area contributed by atoms with Crippen molar-refractivity contribution >= 4 is 5.84 Å². The summed E-state index contributed by atoms with van der Waals surface area (Å²) >= 11 is 0. The predicted octanol–water partition coefficient (Wildman–Crippen LogP) is 3.85. The lowest BCUT2D eigenvalue weighted by Crippen LogP contribution is -2.32. The van der Waals surface area contributed by atoms with Gasteiger partial charge in [-0.15, -0.1) is 0 Å². The van der Waals surface area contributed by atoms with Crippen LogP contribution in [0.1, 0.15) is 51.2 Å². The Kier molecular flexibility index (Phi) is 4.98. The second-order valence-corrected chi connectivity index (χ2v) is 6.07. The van der Waals surface area contributed by atoms with Crippen molar-refractivity contribution in [3.8, 4) is 5.75 Å². The van der Waals surface area contributed by atoms with Crippen LogP contribution < -0.4 is 10.5 Å². The van der Waals surface area contributed by atoms with Crippen LogP contribution in [0.4, 0.5) is 0 Å². The number of rotatable bonds is 6. The first-order valence-corrected chi connectivity index (χ1v) is 6.82. The van der Waals surface area contributed by atoms with Crippen molar-refractivity contribution in [2.24, 2.45) is 11.1 Å². The normalized spacial score (nSPS) is 11.7. The summed E-state index contributed by atoms with van der Waals surface area (Å²) in [5, 5.41) is 7.51. The van der Waals surface area contributed by atoms with Crippen LogP contribution in [0.3, 0.4) is 0 Å². The first-order chi connectivity index (χ1) is 8.74. The zero-order chi connectivity index (χ0) is 14.6. The van der Waals surface area contributed by atoms with Gasteiger partial charge in [-0.05, 0) is 42.5 Å². The lowest BCUT2D eigenvalue weighted by atomic mass is 9.88. The number of hydrogen-bond acceptors (Lipinski definition) is 2. The molecule has 0 radical (unpaired) electrons. The summed E-state index contributed by atoms with van der Waals surface area (Å²) in [5.74, 6) is 1.63. The highest BCUT2D eigenvalue weighted by Gasteiger charge is 2.21. The van der Waals surface area contributed by atoms with Crippen LogP contribution in [0.25, 0.3) is 0 Å². The number of ether oxygens (including phenoxy) is 1. The molecular weight excluding hydrogens is 236 g/mol. The number of nitrogens with one attached hydrogen (secondary N) is 1. The lowest BCUT2D eigenvalue weighted by molar-refractivity contribution is 0.268. The minimum absolute atomic E-state index is 0.211. The molecule has 0 amide bonds. The van der Waals surface area contributed by atoms with E-state index in [9.17, 15) is 0 Å². The molecule has 19 heavy (non-hydrogen) atoms. The molecule has 0 atom stereocenters. The van der Waals surface area contributed by atoms with E-state index in [1.54, 1.807) is 0 Å². The van der Waals surface area contributed by atoms with E-state index in [4.69, 9.17) is 15.9 Å². The predicted molar refractivity (Wildman–Crippen MR) is 81.1 cm³/mol. The first kappa shape index (κ1) is 15.5. The fourth-order valence-electron chi connectivity index (χ4n) is 1.94. The van der Waals surface area contributed by atoms with Crippen molar-refractivity contribution in [1.82, 2.24) is 0 Å². The van der Waals surface area contributed by atoms with Crippen molar-refractivity contribution in [3.05, 3.63) is 29.3 Å². The molecule has 0 saturated heterocycles. The largest absolute Gasteiger partial charge is 0.494 e. The van der Waals surface area contributed by atoms with Crippen molar-refractivity contribution in [2.45, 2.75) is 47.0 Å². The van der Waals surface area contributed by atoms with Gasteiger partial charge < -0.3 is 10.5 Å². The number of nitrogens with two attached hydrogens (primary N) is 1. The molecule has 0 aliphatic heterocycles. The zero-order valence-corrected chi connectivity index (χ0v) is 12.7. The standard InChI is InChI=1S/C16H26N2O/c1-11(2)14-7-6-13(10-12(14)3)19-9-8-16(4,5)15(17)18/h6-7,10-11H,8-9H2,1-5H3,(H3,17,18). The Hall–Kier alpha value is -1.51. The van der Waals surface area contributed by atoms with Gasteiger partial charge >= 0.3 is 0 Å². The van der Waals surface area contributed by atoms with E-state index in [0.717, 1.165) is 12.2 Å². The van der Waals surface area contributed by atoms with Crippen LogP contribution in [-0.4, -0.2) is 12.4 Å². The van der Waals surface area contributed by atoms with Gasteiger partial charge in [-0.2, -0.15) is 0 Å². The molecule has 3 heteroatoms. The third-order valence-corrected chi connectivity index (χ3v) is 3.59. The van der Waals surface area contributed by atoms with E-state index in [-0.39, 0.29) is 11.3 Å². The summed E-state index contributed by atoms with van der Waals surface area (Å²) in [7, 11) is 0. The third kappa shape index (κ3) is 4.27. The summed E-state index contributed by atoms with van der Waals surface area (Å²) < 4.78 is 5.76. The Morgan fingerprint density at radius 1 is 1.37 bits per heavy atom. The average molecular weight is 262 g/mol. The van der Waals surface area contributed by atoms with Crippen LogP contribution in [0, 0.1) is 17.7 Å². The SMILES string of the molecule is Cc1cc(OCCC(C)(C)C(=N)N)ccc1C(C)C. The number of benzene rings is 1. The molecule has 0 aliphatic rings. The van der Waals surface area contributed by atoms with Gasteiger partial charge in [0.05, 0.1) is 12.4 Å².